The molecule has 1 aromatic heterocycles. The maximum absolute atomic E-state index is 12.4. The molecule has 1 N–H and O–H groups in total. The molecule has 2 aliphatic rings. The number of aryl methyl sites for hydroxylation is 1. The standard InChI is InChI=1S/C16H18N2O3S/c1-3-10-9(2)22-8-13(10)14(19)17-18-15(20)11-6-4-5-7-12(11)16(18)21/h4-5,8,11-12H,3,6-7H2,1-2H3,(H,17,19). The lowest BCUT2D eigenvalue weighted by Gasteiger charge is -2.16. The molecule has 116 valence electrons. The van der Waals surface area contributed by atoms with E-state index in [1.54, 1.807) is 5.38 Å². The Bertz CT molecular complexity index is 651. The van der Waals surface area contributed by atoms with Gasteiger partial charge in [-0.15, -0.1) is 11.3 Å². The summed E-state index contributed by atoms with van der Waals surface area (Å²) < 4.78 is 0. The molecule has 1 aliphatic carbocycles. The molecule has 0 bridgehead atoms. The summed E-state index contributed by atoms with van der Waals surface area (Å²) in [5.41, 5.74) is 4.04. The van der Waals surface area contributed by atoms with E-state index >= 15 is 0 Å². The van der Waals surface area contributed by atoms with Crippen LogP contribution in [0.3, 0.4) is 0 Å². The number of hydrogen-bond donors (Lipinski definition) is 1. The molecule has 1 fully saturated rings. The molecule has 0 spiro atoms. The predicted molar refractivity (Wildman–Crippen MR) is 83.1 cm³/mol. The molecule has 1 saturated heterocycles. The highest BCUT2D eigenvalue weighted by molar-refractivity contribution is 7.10. The van der Waals surface area contributed by atoms with Crippen molar-refractivity contribution < 1.29 is 14.4 Å². The van der Waals surface area contributed by atoms with Crippen LogP contribution in [0, 0.1) is 18.8 Å². The second-order valence-corrected chi connectivity index (χ2v) is 6.73. The summed E-state index contributed by atoms with van der Waals surface area (Å²) in [6.07, 6.45) is 5.73. The van der Waals surface area contributed by atoms with Gasteiger partial charge in [0.1, 0.15) is 0 Å². The Balaban J connectivity index is 1.80. The van der Waals surface area contributed by atoms with Crippen molar-refractivity contribution in [3.8, 4) is 0 Å². The van der Waals surface area contributed by atoms with Crippen molar-refractivity contribution in [3.05, 3.63) is 33.5 Å². The Morgan fingerprint density at radius 3 is 2.41 bits per heavy atom. The van der Waals surface area contributed by atoms with Crippen molar-refractivity contribution in [2.75, 3.05) is 0 Å². The lowest BCUT2D eigenvalue weighted by molar-refractivity contribution is -0.142. The van der Waals surface area contributed by atoms with Gasteiger partial charge in [-0.25, -0.2) is 0 Å². The van der Waals surface area contributed by atoms with Gasteiger partial charge >= 0.3 is 0 Å². The van der Waals surface area contributed by atoms with Gasteiger partial charge in [0.25, 0.3) is 17.7 Å². The number of thiophene rings is 1. The van der Waals surface area contributed by atoms with Crippen molar-refractivity contribution in [1.82, 2.24) is 10.4 Å². The highest BCUT2D eigenvalue weighted by atomic mass is 32.1. The number of amides is 3. The predicted octanol–water partition coefficient (Wildman–Crippen LogP) is 2.21. The number of carbonyl (C=O) groups excluding carboxylic acids is 3. The molecular weight excluding hydrogens is 300 g/mol. The molecule has 2 heterocycles. The van der Waals surface area contributed by atoms with E-state index in [1.165, 1.54) is 11.3 Å². The number of nitrogens with zero attached hydrogens (tertiary/aromatic N) is 1. The van der Waals surface area contributed by atoms with E-state index in [1.807, 2.05) is 26.0 Å². The van der Waals surface area contributed by atoms with Gasteiger partial charge in [-0.3, -0.25) is 19.8 Å². The van der Waals surface area contributed by atoms with Crippen LogP contribution >= 0.6 is 11.3 Å². The number of hydrogen-bond acceptors (Lipinski definition) is 4. The van der Waals surface area contributed by atoms with Crippen LogP contribution in [0.4, 0.5) is 0 Å². The number of imide groups is 1. The lowest BCUT2D eigenvalue weighted by Crippen LogP contribution is -2.46. The molecular formula is C16H18N2O3S. The van der Waals surface area contributed by atoms with Crippen LogP contribution in [-0.2, 0) is 16.0 Å². The smallest absolute Gasteiger partial charge is 0.271 e. The molecule has 2 atom stereocenters. The molecule has 6 heteroatoms. The van der Waals surface area contributed by atoms with E-state index in [0.717, 1.165) is 21.9 Å². The third-order valence-electron chi connectivity index (χ3n) is 4.42. The topological polar surface area (TPSA) is 66.5 Å². The van der Waals surface area contributed by atoms with Gasteiger partial charge < -0.3 is 0 Å². The van der Waals surface area contributed by atoms with Gasteiger partial charge in [0.2, 0.25) is 0 Å². The fraction of sp³-hybridized carbons (Fsp3) is 0.438. The van der Waals surface area contributed by atoms with Gasteiger partial charge in [0.05, 0.1) is 17.4 Å². The van der Waals surface area contributed by atoms with E-state index in [0.29, 0.717) is 18.4 Å². The summed E-state index contributed by atoms with van der Waals surface area (Å²) in [6.45, 7) is 3.95. The van der Waals surface area contributed by atoms with Crippen molar-refractivity contribution in [2.24, 2.45) is 11.8 Å². The SMILES string of the molecule is CCc1c(C(=O)NN2C(=O)C3CC=CCC3C2=O)csc1C. The van der Waals surface area contributed by atoms with E-state index < -0.39 is 0 Å². The lowest BCUT2D eigenvalue weighted by atomic mass is 9.85. The molecule has 3 rings (SSSR count). The highest BCUT2D eigenvalue weighted by Gasteiger charge is 2.48. The Morgan fingerprint density at radius 1 is 1.27 bits per heavy atom. The number of rotatable bonds is 3. The number of nitrogens with one attached hydrogen (secondary N) is 1. The molecule has 0 radical (unpaired) electrons. The second kappa shape index (κ2) is 5.68. The fourth-order valence-electron chi connectivity index (χ4n) is 3.18. The second-order valence-electron chi connectivity index (χ2n) is 5.65. The minimum atomic E-state index is -0.380. The summed E-state index contributed by atoms with van der Waals surface area (Å²) in [6, 6.07) is 0. The number of hydrazine groups is 1. The maximum atomic E-state index is 12.4. The number of allylic oxidation sites excluding steroid dienone is 2. The Kier molecular flexibility index (Phi) is 3.87. The highest BCUT2D eigenvalue weighted by Crippen LogP contribution is 2.34. The molecule has 1 aromatic rings. The summed E-state index contributed by atoms with van der Waals surface area (Å²) in [4.78, 5) is 38.2. The van der Waals surface area contributed by atoms with E-state index in [-0.39, 0.29) is 29.6 Å². The van der Waals surface area contributed by atoms with Crippen molar-refractivity contribution in [3.63, 3.8) is 0 Å². The largest absolute Gasteiger partial charge is 0.272 e. The Labute approximate surface area is 133 Å². The normalized spacial score (nSPS) is 23.8. The van der Waals surface area contributed by atoms with Crippen molar-refractivity contribution in [2.45, 2.75) is 33.1 Å². The van der Waals surface area contributed by atoms with E-state index in [9.17, 15) is 14.4 Å². The first-order valence-corrected chi connectivity index (χ1v) is 8.33. The molecule has 0 saturated carbocycles. The first-order chi connectivity index (χ1) is 10.5. The fourth-order valence-corrected chi connectivity index (χ4v) is 4.12. The monoisotopic (exact) mass is 318 g/mol. The minimum Gasteiger partial charge on any atom is -0.272 e. The summed E-state index contributed by atoms with van der Waals surface area (Å²) in [5, 5.41) is 2.71. The zero-order chi connectivity index (χ0) is 15.9. The summed E-state index contributed by atoms with van der Waals surface area (Å²) in [5.74, 6) is -1.62. The molecule has 1 aliphatic heterocycles. The van der Waals surface area contributed by atoms with Crippen LogP contribution in [0.5, 0.6) is 0 Å². The minimum absolute atomic E-state index is 0.294. The number of carbonyl (C=O) groups is 3. The van der Waals surface area contributed by atoms with E-state index in [4.69, 9.17) is 0 Å². The van der Waals surface area contributed by atoms with Crippen LogP contribution in [0.15, 0.2) is 17.5 Å². The van der Waals surface area contributed by atoms with Crippen LogP contribution in [0.2, 0.25) is 0 Å². The van der Waals surface area contributed by atoms with Crippen LogP contribution < -0.4 is 5.43 Å². The average molecular weight is 318 g/mol. The van der Waals surface area contributed by atoms with E-state index in [2.05, 4.69) is 5.43 Å². The molecule has 2 unspecified atom stereocenters. The first-order valence-electron chi connectivity index (χ1n) is 7.45. The Hall–Kier alpha value is -1.95. The third kappa shape index (κ3) is 2.27. The van der Waals surface area contributed by atoms with Crippen molar-refractivity contribution in [1.29, 1.82) is 0 Å². The zero-order valence-electron chi connectivity index (χ0n) is 12.6. The molecule has 0 aromatic carbocycles. The molecule has 22 heavy (non-hydrogen) atoms. The van der Waals surface area contributed by atoms with Crippen molar-refractivity contribution >= 4 is 29.1 Å². The zero-order valence-corrected chi connectivity index (χ0v) is 13.4. The van der Waals surface area contributed by atoms with Gasteiger partial charge in [0, 0.05) is 10.3 Å². The van der Waals surface area contributed by atoms with Gasteiger partial charge in [-0.05, 0) is 31.7 Å². The van der Waals surface area contributed by atoms with Gasteiger partial charge in [-0.2, -0.15) is 5.01 Å². The maximum Gasteiger partial charge on any atom is 0.271 e. The third-order valence-corrected chi connectivity index (χ3v) is 5.38. The van der Waals surface area contributed by atoms with Crippen LogP contribution in [0.1, 0.15) is 40.6 Å². The summed E-state index contributed by atoms with van der Waals surface area (Å²) in [7, 11) is 0. The molecule has 5 nitrogen and oxygen atoms in total. The quantitative estimate of drug-likeness (QED) is 0.686. The first kappa shape index (κ1) is 15.0. The molecule has 3 amide bonds. The van der Waals surface area contributed by atoms with Crippen LogP contribution in [0.25, 0.3) is 0 Å². The Morgan fingerprint density at radius 2 is 1.86 bits per heavy atom. The van der Waals surface area contributed by atoms with Gasteiger partial charge in [0.15, 0.2) is 0 Å². The number of fused-ring (bicyclic) bond motifs is 1. The van der Waals surface area contributed by atoms with Gasteiger partial charge in [-0.1, -0.05) is 19.1 Å². The summed E-state index contributed by atoms with van der Waals surface area (Å²) >= 11 is 1.50. The van der Waals surface area contributed by atoms with Crippen LogP contribution in [-0.4, -0.2) is 22.7 Å². The average Bonchev–Trinajstić information content (AvgIpc) is 3.01.